The van der Waals surface area contributed by atoms with E-state index in [1.165, 1.54) is 24.6 Å². The average molecular weight is 329 g/mol. The Kier molecular flexibility index (Phi) is 4.67. The van der Waals surface area contributed by atoms with Gasteiger partial charge < -0.3 is 16.0 Å². The van der Waals surface area contributed by atoms with Crippen LogP contribution in [-0.2, 0) is 0 Å². The summed E-state index contributed by atoms with van der Waals surface area (Å²) in [5, 5.41) is 21.7. The second-order valence-corrected chi connectivity index (χ2v) is 6.42. The number of allylic oxidation sites excluding steroid dienone is 2. The number of aromatic nitrogens is 3. The smallest absolute Gasteiger partial charge is 0.228 e. The third-order valence-corrected chi connectivity index (χ3v) is 4.79. The number of nitrogens with zero attached hydrogens (tertiary/aromatic N) is 4. The SMILES string of the molecule is CNc1nc(NC2CCCC2)nc(C(C#N)=C2NC(C)=CS2)n1. The van der Waals surface area contributed by atoms with E-state index < -0.39 is 0 Å². The highest BCUT2D eigenvalue weighted by Crippen LogP contribution is 2.30. The van der Waals surface area contributed by atoms with E-state index in [0.717, 1.165) is 23.6 Å². The van der Waals surface area contributed by atoms with Crippen LogP contribution >= 0.6 is 11.8 Å². The van der Waals surface area contributed by atoms with Gasteiger partial charge in [0.05, 0.1) is 5.03 Å². The lowest BCUT2D eigenvalue weighted by Crippen LogP contribution is -2.18. The maximum atomic E-state index is 9.54. The summed E-state index contributed by atoms with van der Waals surface area (Å²) in [6, 6.07) is 2.61. The Morgan fingerprint density at radius 3 is 2.65 bits per heavy atom. The number of anilines is 2. The largest absolute Gasteiger partial charge is 0.357 e. The van der Waals surface area contributed by atoms with Crippen molar-refractivity contribution >= 4 is 29.2 Å². The zero-order chi connectivity index (χ0) is 16.2. The van der Waals surface area contributed by atoms with Gasteiger partial charge in [0.2, 0.25) is 11.9 Å². The monoisotopic (exact) mass is 329 g/mol. The first-order valence-corrected chi connectivity index (χ1v) is 8.53. The van der Waals surface area contributed by atoms with Gasteiger partial charge in [-0.15, -0.1) is 0 Å². The highest BCUT2D eigenvalue weighted by atomic mass is 32.2. The molecular weight excluding hydrogens is 310 g/mol. The number of hydrogen-bond acceptors (Lipinski definition) is 8. The van der Waals surface area contributed by atoms with Gasteiger partial charge in [-0.05, 0) is 25.2 Å². The van der Waals surface area contributed by atoms with Gasteiger partial charge in [0.15, 0.2) is 5.82 Å². The fourth-order valence-electron chi connectivity index (χ4n) is 2.63. The standard InChI is InChI=1S/C15H19N7S/c1-9-8-23-13(18-9)11(7-16)12-20-14(17-2)22-15(21-12)19-10-5-3-4-6-10/h8,10,18H,3-6H2,1-2H3,(H2,17,19,20,21,22). The Bertz CT molecular complexity index is 698. The van der Waals surface area contributed by atoms with E-state index in [1.54, 1.807) is 7.05 Å². The van der Waals surface area contributed by atoms with E-state index in [9.17, 15) is 5.26 Å². The van der Waals surface area contributed by atoms with Crippen LogP contribution in [0, 0.1) is 11.3 Å². The van der Waals surface area contributed by atoms with Gasteiger partial charge >= 0.3 is 0 Å². The van der Waals surface area contributed by atoms with Crippen molar-refractivity contribution in [1.82, 2.24) is 20.3 Å². The minimum Gasteiger partial charge on any atom is -0.357 e. The van der Waals surface area contributed by atoms with Gasteiger partial charge in [0, 0.05) is 18.8 Å². The first kappa shape index (κ1) is 15.6. The van der Waals surface area contributed by atoms with Crippen LogP contribution in [0.1, 0.15) is 38.4 Å². The molecule has 0 spiro atoms. The predicted octanol–water partition coefficient (Wildman–Crippen LogP) is 2.66. The van der Waals surface area contributed by atoms with Crippen LogP contribution in [0.25, 0.3) is 5.57 Å². The Labute approximate surface area is 139 Å². The van der Waals surface area contributed by atoms with Crippen molar-refractivity contribution in [3.63, 3.8) is 0 Å². The molecule has 0 unspecified atom stereocenters. The van der Waals surface area contributed by atoms with E-state index in [4.69, 9.17) is 0 Å². The molecule has 8 heteroatoms. The summed E-state index contributed by atoms with van der Waals surface area (Å²) in [7, 11) is 1.76. The number of thioether (sulfide) groups is 1. The molecular formula is C15H19N7S. The maximum Gasteiger partial charge on any atom is 0.228 e. The van der Waals surface area contributed by atoms with Crippen LogP contribution in [0.3, 0.4) is 0 Å². The lowest BCUT2D eigenvalue weighted by Gasteiger charge is -2.13. The van der Waals surface area contributed by atoms with Crippen molar-refractivity contribution in [3.05, 3.63) is 22.0 Å². The molecule has 2 heterocycles. The van der Waals surface area contributed by atoms with Crippen molar-refractivity contribution in [1.29, 1.82) is 5.26 Å². The quantitative estimate of drug-likeness (QED) is 0.725. The third kappa shape index (κ3) is 3.56. The van der Waals surface area contributed by atoms with Crippen LogP contribution in [0.2, 0.25) is 0 Å². The highest BCUT2D eigenvalue weighted by molar-refractivity contribution is 8.06. The molecule has 7 nitrogen and oxygen atoms in total. The van der Waals surface area contributed by atoms with Crippen molar-refractivity contribution in [2.45, 2.75) is 38.6 Å². The maximum absolute atomic E-state index is 9.54. The molecule has 1 aromatic heterocycles. The van der Waals surface area contributed by atoms with Crippen LogP contribution in [0.4, 0.5) is 11.9 Å². The lowest BCUT2D eigenvalue weighted by atomic mass is 10.2. The van der Waals surface area contributed by atoms with Gasteiger partial charge in [-0.2, -0.15) is 20.2 Å². The molecule has 0 aromatic carbocycles. The summed E-state index contributed by atoms with van der Waals surface area (Å²) in [5.74, 6) is 1.36. The second kappa shape index (κ2) is 6.87. The minimum absolute atomic E-state index is 0.380. The predicted molar refractivity (Wildman–Crippen MR) is 92.3 cm³/mol. The molecule has 23 heavy (non-hydrogen) atoms. The van der Waals surface area contributed by atoms with E-state index >= 15 is 0 Å². The molecule has 120 valence electrons. The highest BCUT2D eigenvalue weighted by Gasteiger charge is 2.20. The molecule has 0 atom stereocenters. The van der Waals surface area contributed by atoms with Gasteiger partial charge in [-0.3, -0.25) is 0 Å². The van der Waals surface area contributed by atoms with Gasteiger partial charge in [-0.1, -0.05) is 24.6 Å². The Hall–Kier alpha value is -2.27. The van der Waals surface area contributed by atoms with E-state index in [0.29, 0.717) is 29.3 Å². The van der Waals surface area contributed by atoms with Crippen molar-refractivity contribution in [2.24, 2.45) is 0 Å². The molecule has 3 N–H and O–H groups in total. The fourth-order valence-corrected chi connectivity index (χ4v) is 3.45. The number of nitrogens with one attached hydrogen (secondary N) is 3. The van der Waals surface area contributed by atoms with Crippen molar-refractivity contribution in [2.75, 3.05) is 17.7 Å². The first-order valence-electron chi connectivity index (χ1n) is 7.65. The molecule has 1 fully saturated rings. The molecule has 1 saturated carbocycles. The van der Waals surface area contributed by atoms with Crippen LogP contribution < -0.4 is 16.0 Å². The number of rotatable bonds is 4. The van der Waals surface area contributed by atoms with Gasteiger partial charge in [0.1, 0.15) is 11.6 Å². The Morgan fingerprint density at radius 1 is 1.30 bits per heavy atom. The molecule has 0 amide bonds. The summed E-state index contributed by atoms with van der Waals surface area (Å²) in [4.78, 5) is 13.1. The number of nitriles is 1. The topological polar surface area (TPSA) is 98.5 Å². The minimum atomic E-state index is 0.380. The molecule has 0 bridgehead atoms. The van der Waals surface area contributed by atoms with Crippen LogP contribution in [-0.4, -0.2) is 28.0 Å². The third-order valence-electron chi connectivity index (χ3n) is 3.77. The van der Waals surface area contributed by atoms with Crippen molar-refractivity contribution < 1.29 is 0 Å². The zero-order valence-corrected chi connectivity index (χ0v) is 14.0. The van der Waals surface area contributed by atoms with Crippen LogP contribution in [0.5, 0.6) is 0 Å². The molecule has 0 saturated heterocycles. The summed E-state index contributed by atoms with van der Waals surface area (Å²) in [5.41, 5.74) is 1.43. The van der Waals surface area contributed by atoms with E-state index in [1.807, 2.05) is 12.3 Å². The molecule has 1 aromatic rings. The van der Waals surface area contributed by atoms with Gasteiger partial charge in [-0.25, -0.2) is 0 Å². The molecule has 0 radical (unpaired) electrons. The summed E-state index contributed by atoms with van der Waals surface area (Å²) in [6.07, 6.45) is 4.71. The zero-order valence-electron chi connectivity index (χ0n) is 13.2. The second-order valence-electron chi connectivity index (χ2n) is 5.54. The van der Waals surface area contributed by atoms with Crippen LogP contribution in [0.15, 0.2) is 16.1 Å². The normalized spacial score (nSPS) is 19.8. The molecule has 3 rings (SSSR count). The summed E-state index contributed by atoms with van der Waals surface area (Å²) < 4.78 is 0. The summed E-state index contributed by atoms with van der Waals surface area (Å²) >= 11 is 1.47. The Morgan fingerprint density at radius 2 is 2.04 bits per heavy atom. The van der Waals surface area contributed by atoms with Crippen molar-refractivity contribution in [3.8, 4) is 6.07 Å². The van der Waals surface area contributed by atoms with Gasteiger partial charge in [0.25, 0.3) is 0 Å². The number of hydrogen-bond donors (Lipinski definition) is 3. The lowest BCUT2D eigenvalue weighted by molar-refractivity contribution is 0.741. The summed E-state index contributed by atoms with van der Waals surface area (Å²) in [6.45, 7) is 1.95. The van der Waals surface area contributed by atoms with E-state index in [-0.39, 0.29) is 0 Å². The Balaban J connectivity index is 1.93. The first-order chi connectivity index (χ1) is 11.2. The molecule has 1 aliphatic heterocycles. The van der Waals surface area contributed by atoms with E-state index in [2.05, 4.69) is 37.0 Å². The molecule has 1 aliphatic carbocycles. The fraction of sp³-hybridized carbons (Fsp3) is 0.467. The average Bonchev–Trinajstić information content (AvgIpc) is 3.20. The molecule has 2 aliphatic rings.